The predicted molar refractivity (Wildman–Crippen MR) is 96.8 cm³/mol. The van der Waals surface area contributed by atoms with Gasteiger partial charge in [0.25, 0.3) is 11.6 Å². The van der Waals surface area contributed by atoms with E-state index in [4.69, 9.17) is 9.47 Å². The lowest BCUT2D eigenvalue weighted by Crippen LogP contribution is -2.25. The second kappa shape index (κ2) is 6.67. The van der Waals surface area contributed by atoms with Crippen molar-refractivity contribution in [2.24, 2.45) is 0 Å². The molecule has 1 amide bonds. The van der Waals surface area contributed by atoms with E-state index in [-0.39, 0.29) is 17.9 Å². The number of benzene rings is 2. The van der Waals surface area contributed by atoms with Crippen molar-refractivity contribution in [2.45, 2.75) is 32.8 Å². The van der Waals surface area contributed by atoms with Crippen LogP contribution in [0.25, 0.3) is 0 Å². The number of para-hydroxylation sites is 1. The van der Waals surface area contributed by atoms with Gasteiger partial charge in [0.2, 0.25) is 0 Å². The molecule has 0 aliphatic carbocycles. The number of carbonyl (C=O) groups is 1. The van der Waals surface area contributed by atoms with Crippen LogP contribution in [-0.2, 0) is 11.2 Å². The zero-order chi connectivity index (χ0) is 18.9. The maximum Gasteiger partial charge on any atom is 0.274 e. The fourth-order valence-electron chi connectivity index (χ4n) is 2.93. The van der Waals surface area contributed by atoms with E-state index in [0.29, 0.717) is 22.7 Å². The van der Waals surface area contributed by atoms with Crippen LogP contribution >= 0.6 is 0 Å². The molecule has 0 spiro atoms. The summed E-state index contributed by atoms with van der Waals surface area (Å²) in [6.45, 7) is 5.41. The minimum absolute atomic E-state index is 0.0415. The molecule has 0 fully saturated rings. The van der Waals surface area contributed by atoms with Crippen LogP contribution in [0, 0.1) is 17.0 Å². The van der Waals surface area contributed by atoms with Crippen LogP contribution in [0.3, 0.4) is 0 Å². The van der Waals surface area contributed by atoms with Gasteiger partial charge in [0.1, 0.15) is 5.60 Å². The zero-order valence-corrected chi connectivity index (χ0v) is 14.9. The summed E-state index contributed by atoms with van der Waals surface area (Å²) in [6, 6.07) is 10.1. The number of nitro groups is 1. The Morgan fingerprint density at radius 1 is 1.35 bits per heavy atom. The number of hydrogen-bond acceptors (Lipinski definition) is 5. The lowest BCUT2D eigenvalue weighted by molar-refractivity contribution is -0.385. The van der Waals surface area contributed by atoms with Crippen molar-refractivity contribution in [2.75, 3.05) is 11.9 Å². The van der Waals surface area contributed by atoms with Crippen LogP contribution in [0.2, 0.25) is 0 Å². The summed E-state index contributed by atoms with van der Waals surface area (Å²) in [4.78, 5) is 22.6. The normalized spacial score (nSPS) is 14.3. The number of nitrogens with zero attached hydrogens (tertiary/aromatic N) is 1. The Labute approximate surface area is 151 Å². The SMILES string of the molecule is Cc1ccc(NC(=O)COc2cccc3c2OC(C)(C)C3)cc1[N+](=O)[O-]. The first-order valence-electron chi connectivity index (χ1n) is 8.24. The number of nitrogens with one attached hydrogen (secondary N) is 1. The Morgan fingerprint density at radius 2 is 2.12 bits per heavy atom. The fraction of sp³-hybridized carbons (Fsp3) is 0.316. The fourth-order valence-corrected chi connectivity index (χ4v) is 2.93. The Kier molecular flexibility index (Phi) is 4.54. The molecule has 2 aromatic carbocycles. The van der Waals surface area contributed by atoms with Gasteiger partial charge in [0.15, 0.2) is 18.1 Å². The molecule has 0 radical (unpaired) electrons. The van der Waals surface area contributed by atoms with E-state index >= 15 is 0 Å². The van der Waals surface area contributed by atoms with Crippen molar-refractivity contribution in [1.29, 1.82) is 0 Å². The van der Waals surface area contributed by atoms with Gasteiger partial charge >= 0.3 is 0 Å². The number of amides is 1. The second-order valence-electron chi connectivity index (χ2n) is 6.88. The van der Waals surface area contributed by atoms with Crippen molar-refractivity contribution < 1.29 is 19.2 Å². The maximum atomic E-state index is 12.1. The quantitative estimate of drug-likeness (QED) is 0.652. The van der Waals surface area contributed by atoms with Crippen LogP contribution in [-0.4, -0.2) is 23.0 Å². The summed E-state index contributed by atoms with van der Waals surface area (Å²) in [7, 11) is 0. The zero-order valence-electron chi connectivity index (χ0n) is 14.9. The van der Waals surface area contributed by atoms with E-state index < -0.39 is 10.8 Å². The molecule has 136 valence electrons. The van der Waals surface area contributed by atoms with Crippen molar-refractivity contribution in [1.82, 2.24) is 0 Å². The van der Waals surface area contributed by atoms with Crippen molar-refractivity contribution in [3.8, 4) is 11.5 Å². The first kappa shape index (κ1) is 17.7. The van der Waals surface area contributed by atoms with E-state index in [9.17, 15) is 14.9 Å². The molecule has 7 heteroatoms. The van der Waals surface area contributed by atoms with Gasteiger partial charge in [-0.3, -0.25) is 14.9 Å². The number of nitro benzene ring substituents is 1. The molecule has 0 aromatic heterocycles. The summed E-state index contributed by atoms with van der Waals surface area (Å²) in [5.41, 5.74) is 1.59. The number of fused-ring (bicyclic) bond motifs is 1. The summed E-state index contributed by atoms with van der Waals surface area (Å²) in [6.07, 6.45) is 0.777. The van der Waals surface area contributed by atoms with Crippen molar-refractivity contribution in [3.63, 3.8) is 0 Å². The average Bonchev–Trinajstić information content (AvgIpc) is 2.88. The second-order valence-corrected chi connectivity index (χ2v) is 6.88. The van der Waals surface area contributed by atoms with E-state index in [1.54, 1.807) is 25.1 Å². The topological polar surface area (TPSA) is 90.7 Å². The van der Waals surface area contributed by atoms with Crippen molar-refractivity contribution >= 4 is 17.3 Å². The molecule has 0 saturated carbocycles. The number of rotatable bonds is 5. The summed E-state index contributed by atoms with van der Waals surface area (Å²) in [5, 5.41) is 13.6. The van der Waals surface area contributed by atoms with Crippen molar-refractivity contribution in [3.05, 3.63) is 57.6 Å². The number of aryl methyl sites for hydroxylation is 1. The molecular weight excluding hydrogens is 336 g/mol. The van der Waals surface area contributed by atoms with Gasteiger partial charge in [-0.2, -0.15) is 0 Å². The van der Waals surface area contributed by atoms with Crippen LogP contribution < -0.4 is 14.8 Å². The van der Waals surface area contributed by atoms with Crippen LogP contribution in [0.5, 0.6) is 11.5 Å². The standard InChI is InChI=1S/C19H20N2O5/c1-12-7-8-14(9-15(12)21(23)24)20-17(22)11-25-16-6-4-5-13-10-19(2,3)26-18(13)16/h4-9H,10-11H2,1-3H3,(H,20,22). The van der Waals surface area contributed by atoms with Gasteiger partial charge < -0.3 is 14.8 Å². The highest BCUT2D eigenvalue weighted by atomic mass is 16.6. The Balaban J connectivity index is 1.65. The van der Waals surface area contributed by atoms with Crippen LogP contribution in [0.15, 0.2) is 36.4 Å². The number of carbonyl (C=O) groups excluding carboxylic acids is 1. The summed E-state index contributed by atoms with van der Waals surface area (Å²) < 4.78 is 11.5. The largest absolute Gasteiger partial charge is 0.483 e. The third-order valence-electron chi connectivity index (χ3n) is 4.10. The molecule has 26 heavy (non-hydrogen) atoms. The molecule has 0 atom stereocenters. The Hall–Kier alpha value is -3.09. The molecule has 1 heterocycles. The number of hydrogen-bond donors (Lipinski definition) is 1. The molecule has 0 saturated heterocycles. The van der Waals surface area contributed by atoms with Gasteiger partial charge in [-0.1, -0.05) is 18.2 Å². The number of ether oxygens (including phenoxy) is 2. The van der Waals surface area contributed by atoms with Gasteiger partial charge in [0, 0.05) is 29.3 Å². The summed E-state index contributed by atoms with van der Waals surface area (Å²) >= 11 is 0. The van der Waals surface area contributed by atoms with E-state index in [1.165, 1.54) is 6.07 Å². The molecule has 2 aromatic rings. The summed E-state index contributed by atoms with van der Waals surface area (Å²) in [5.74, 6) is 0.771. The van der Waals surface area contributed by atoms with E-state index in [0.717, 1.165) is 12.0 Å². The predicted octanol–water partition coefficient (Wildman–Crippen LogP) is 3.63. The van der Waals surface area contributed by atoms with Gasteiger partial charge in [-0.05, 0) is 32.9 Å². The molecular formula is C19H20N2O5. The third kappa shape index (κ3) is 3.77. The molecule has 0 unspecified atom stereocenters. The molecule has 0 bridgehead atoms. The third-order valence-corrected chi connectivity index (χ3v) is 4.10. The minimum Gasteiger partial charge on any atom is -0.483 e. The lowest BCUT2D eigenvalue weighted by Gasteiger charge is -2.18. The smallest absolute Gasteiger partial charge is 0.274 e. The number of anilines is 1. The minimum atomic E-state index is -0.478. The van der Waals surface area contributed by atoms with Gasteiger partial charge in [-0.25, -0.2) is 0 Å². The lowest BCUT2D eigenvalue weighted by atomic mass is 10.0. The first-order valence-corrected chi connectivity index (χ1v) is 8.24. The average molecular weight is 356 g/mol. The Bertz CT molecular complexity index is 876. The highest BCUT2D eigenvalue weighted by Gasteiger charge is 2.32. The van der Waals surface area contributed by atoms with Crippen LogP contribution in [0.1, 0.15) is 25.0 Å². The molecule has 1 aliphatic heterocycles. The Morgan fingerprint density at radius 3 is 2.85 bits per heavy atom. The molecule has 3 rings (SSSR count). The monoisotopic (exact) mass is 356 g/mol. The van der Waals surface area contributed by atoms with Crippen LogP contribution in [0.4, 0.5) is 11.4 Å². The van der Waals surface area contributed by atoms with E-state index in [2.05, 4.69) is 5.32 Å². The highest BCUT2D eigenvalue weighted by Crippen LogP contribution is 2.41. The maximum absolute atomic E-state index is 12.1. The highest BCUT2D eigenvalue weighted by molar-refractivity contribution is 5.92. The molecule has 7 nitrogen and oxygen atoms in total. The first-order chi connectivity index (χ1) is 12.2. The van der Waals surface area contributed by atoms with E-state index in [1.807, 2.05) is 26.0 Å². The van der Waals surface area contributed by atoms with Gasteiger partial charge in [0.05, 0.1) is 4.92 Å². The molecule has 1 N–H and O–H groups in total. The molecule has 1 aliphatic rings. The van der Waals surface area contributed by atoms with Gasteiger partial charge in [-0.15, -0.1) is 0 Å².